The number of thiazole rings is 1. The lowest BCUT2D eigenvalue weighted by molar-refractivity contribution is 0.529. The Morgan fingerprint density at radius 1 is 1.12 bits per heavy atom. The first-order chi connectivity index (χ1) is 15.4. The maximum Gasteiger partial charge on any atom is 0.185 e. The van der Waals surface area contributed by atoms with Crippen molar-refractivity contribution in [1.29, 1.82) is 0 Å². The Hall–Kier alpha value is -1.41. The molecule has 2 heterocycles. The summed E-state index contributed by atoms with van der Waals surface area (Å²) in [5.41, 5.74) is 3.69. The van der Waals surface area contributed by atoms with Crippen LogP contribution in [-0.4, -0.2) is 31.7 Å². The lowest BCUT2D eigenvalue weighted by Gasteiger charge is -2.31. The highest BCUT2D eigenvalue weighted by Gasteiger charge is 2.33. The molecule has 1 aliphatic heterocycles. The summed E-state index contributed by atoms with van der Waals surface area (Å²) in [6, 6.07) is 13.7. The summed E-state index contributed by atoms with van der Waals surface area (Å²) < 4.78 is 27.0. The van der Waals surface area contributed by atoms with E-state index in [9.17, 15) is 8.42 Å². The van der Waals surface area contributed by atoms with Gasteiger partial charge in [0.05, 0.1) is 20.9 Å². The fourth-order valence-electron chi connectivity index (χ4n) is 4.09. The highest BCUT2D eigenvalue weighted by molar-refractivity contribution is 9.10. The number of aromatic nitrogens is 1. The minimum atomic E-state index is -3.45. The Bertz CT molecular complexity index is 1170. The zero-order chi connectivity index (χ0) is 22.7. The summed E-state index contributed by atoms with van der Waals surface area (Å²) in [6.07, 6.45) is 4.23. The van der Waals surface area contributed by atoms with E-state index in [1.54, 1.807) is 29.5 Å². The first-order valence-corrected chi connectivity index (χ1v) is 14.4. The number of piperidine rings is 1. The van der Waals surface area contributed by atoms with Crippen LogP contribution in [0.5, 0.6) is 0 Å². The van der Waals surface area contributed by atoms with Crippen molar-refractivity contribution in [3.63, 3.8) is 0 Å². The molecule has 0 saturated carbocycles. The summed E-state index contributed by atoms with van der Waals surface area (Å²) >= 11 is 11.2. The molecule has 8 heteroatoms. The summed E-state index contributed by atoms with van der Waals surface area (Å²) in [5.74, 6) is 0. The molecule has 0 unspecified atom stereocenters. The van der Waals surface area contributed by atoms with Gasteiger partial charge in [0, 0.05) is 29.4 Å². The minimum absolute atomic E-state index is 0.224. The normalized spacial score (nSPS) is 15.3. The maximum absolute atomic E-state index is 13.1. The molecule has 170 valence electrons. The second kappa shape index (κ2) is 10.2. The van der Waals surface area contributed by atoms with Crippen LogP contribution in [0.25, 0.3) is 0 Å². The molecule has 0 aliphatic carbocycles. The van der Waals surface area contributed by atoms with Crippen LogP contribution in [0.3, 0.4) is 0 Å². The molecule has 32 heavy (non-hydrogen) atoms. The average molecular weight is 554 g/mol. The Balaban J connectivity index is 1.38. The maximum atomic E-state index is 13.1. The van der Waals surface area contributed by atoms with E-state index in [2.05, 4.69) is 57.4 Å². The average Bonchev–Trinajstić information content (AvgIpc) is 3.24. The Morgan fingerprint density at radius 2 is 1.81 bits per heavy atom. The van der Waals surface area contributed by atoms with E-state index in [4.69, 9.17) is 16.6 Å². The fraction of sp³-hybridized carbons (Fsp3) is 0.375. The standard InChI is InChI=1S/C24H26BrClN2O2S2/c1-2-3-17-4-6-18(7-5-17)14-20-16-31-24(27-20)28-12-10-21(11-13-28)32(29,30)23-9-8-19(25)15-22(23)26/h4-9,15-16,21H,2-3,10-14H2,1H3. The molecule has 4 nitrogen and oxygen atoms in total. The Morgan fingerprint density at radius 3 is 2.47 bits per heavy atom. The third kappa shape index (κ3) is 5.38. The first kappa shape index (κ1) is 23.7. The van der Waals surface area contributed by atoms with Gasteiger partial charge in [-0.15, -0.1) is 11.3 Å². The molecule has 1 saturated heterocycles. The van der Waals surface area contributed by atoms with Crippen molar-refractivity contribution in [3.8, 4) is 0 Å². The largest absolute Gasteiger partial charge is 0.348 e. The summed E-state index contributed by atoms with van der Waals surface area (Å²) in [5, 5.41) is 2.94. The van der Waals surface area contributed by atoms with Gasteiger partial charge in [0.25, 0.3) is 0 Å². The van der Waals surface area contributed by atoms with Crippen molar-refractivity contribution < 1.29 is 8.42 Å². The zero-order valence-corrected chi connectivity index (χ0v) is 21.9. The molecule has 0 radical (unpaired) electrons. The molecule has 1 aliphatic rings. The molecule has 3 aromatic rings. The number of hydrogen-bond acceptors (Lipinski definition) is 5. The summed E-state index contributed by atoms with van der Waals surface area (Å²) in [6.45, 7) is 3.55. The van der Waals surface area contributed by atoms with E-state index in [1.807, 2.05) is 0 Å². The molecule has 1 aromatic heterocycles. The third-order valence-electron chi connectivity index (χ3n) is 5.84. The topological polar surface area (TPSA) is 50.3 Å². The van der Waals surface area contributed by atoms with Crippen molar-refractivity contribution in [3.05, 3.63) is 74.2 Å². The van der Waals surface area contributed by atoms with E-state index < -0.39 is 15.1 Å². The van der Waals surface area contributed by atoms with Gasteiger partial charge in [-0.1, -0.05) is 65.1 Å². The highest BCUT2D eigenvalue weighted by atomic mass is 79.9. The molecule has 0 amide bonds. The van der Waals surface area contributed by atoms with Crippen LogP contribution >= 0.6 is 38.9 Å². The molecule has 4 rings (SSSR count). The number of halogens is 2. The predicted octanol–water partition coefficient (Wildman–Crippen LogP) is 6.55. The number of hydrogen-bond donors (Lipinski definition) is 0. The Labute approximate surface area is 207 Å². The molecule has 0 spiro atoms. The molecular weight excluding hydrogens is 528 g/mol. The molecular formula is C24H26BrClN2O2S2. The lowest BCUT2D eigenvalue weighted by Crippen LogP contribution is -2.39. The number of anilines is 1. The molecule has 1 fully saturated rings. The van der Waals surface area contributed by atoms with Crippen LogP contribution in [0.2, 0.25) is 5.02 Å². The van der Waals surface area contributed by atoms with Crippen molar-refractivity contribution in [2.75, 3.05) is 18.0 Å². The third-order valence-corrected chi connectivity index (χ3v) is 10.0. The highest BCUT2D eigenvalue weighted by Crippen LogP contribution is 2.33. The van der Waals surface area contributed by atoms with Crippen molar-refractivity contribution >= 4 is 53.8 Å². The van der Waals surface area contributed by atoms with Crippen molar-refractivity contribution in [2.45, 2.75) is 49.2 Å². The summed E-state index contributed by atoms with van der Waals surface area (Å²) in [7, 11) is -3.45. The van der Waals surface area contributed by atoms with Gasteiger partial charge in [-0.3, -0.25) is 0 Å². The SMILES string of the molecule is CCCc1ccc(Cc2csc(N3CCC(S(=O)(=O)c4ccc(Br)cc4Cl)CC3)n2)cc1. The van der Waals surface area contributed by atoms with E-state index in [-0.39, 0.29) is 9.92 Å². The predicted molar refractivity (Wildman–Crippen MR) is 137 cm³/mol. The number of benzene rings is 2. The van der Waals surface area contributed by atoms with Crippen molar-refractivity contribution in [2.24, 2.45) is 0 Å². The fourth-order valence-corrected chi connectivity index (χ4v) is 7.74. The van der Waals surface area contributed by atoms with Gasteiger partial charge < -0.3 is 4.90 Å². The van der Waals surface area contributed by atoms with Gasteiger partial charge in [0.1, 0.15) is 0 Å². The van der Waals surface area contributed by atoms with Crippen LogP contribution in [0.15, 0.2) is 57.2 Å². The van der Waals surface area contributed by atoms with Gasteiger partial charge in [-0.2, -0.15) is 0 Å². The van der Waals surface area contributed by atoms with E-state index in [0.29, 0.717) is 25.9 Å². The van der Waals surface area contributed by atoms with Crippen LogP contribution in [0.1, 0.15) is 43.0 Å². The number of nitrogens with zero attached hydrogens (tertiary/aromatic N) is 2. The molecule has 2 aromatic carbocycles. The number of rotatable bonds is 7. The van der Waals surface area contributed by atoms with Crippen molar-refractivity contribution in [1.82, 2.24) is 4.98 Å². The monoisotopic (exact) mass is 552 g/mol. The quantitative estimate of drug-likeness (QED) is 0.333. The minimum Gasteiger partial charge on any atom is -0.348 e. The second-order valence-corrected chi connectivity index (χ2v) is 12.5. The lowest BCUT2D eigenvalue weighted by atomic mass is 10.1. The molecule has 0 bridgehead atoms. The van der Waals surface area contributed by atoms with Gasteiger partial charge in [0.2, 0.25) is 0 Å². The van der Waals surface area contributed by atoms with E-state index in [1.165, 1.54) is 11.1 Å². The van der Waals surface area contributed by atoms with E-state index in [0.717, 1.165) is 34.6 Å². The number of aryl methyl sites for hydroxylation is 1. The molecule has 0 atom stereocenters. The summed E-state index contributed by atoms with van der Waals surface area (Å²) in [4.78, 5) is 7.25. The van der Waals surface area contributed by atoms with Gasteiger partial charge in [-0.05, 0) is 48.6 Å². The van der Waals surface area contributed by atoms with Crippen LogP contribution < -0.4 is 4.90 Å². The van der Waals surface area contributed by atoms with Gasteiger partial charge in [0.15, 0.2) is 15.0 Å². The van der Waals surface area contributed by atoms with E-state index >= 15 is 0 Å². The molecule has 0 N–H and O–H groups in total. The van der Waals surface area contributed by atoms with Gasteiger partial charge >= 0.3 is 0 Å². The first-order valence-electron chi connectivity index (χ1n) is 10.8. The number of sulfone groups is 1. The van der Waals surface area contributed by atoms with Gasteiger partial charge in [-0.25, -0.2) is 13.4 Å². The second-order valence-electron chi connectivity index (χ2n) is 8.17. The van der Waals surface area contributed by atoms with Crippen LogP contribution in [0.4, 0.5) is 5.13 Å². The van der Waals surface area contributed by atoms with Crippen LogP contribution in [-0.2, 0) is 22.7 Å². The Kier molecular flexibility index (Phi) is 7.60. The smallest absolute Gasteiger partial charge is 0.185 e. The van der Waals surface area contributed by atoms with Crippen LogP contribution in [0, 0.1) is 0 Å². The zero-order valence-electron chi connectivity index (χ0n) is 17.9.